The summed E-state index contributed by atoms with van der Waals surface area (Å²) in [6.07, 6.45) is 0. The van der Waals surface area contributed by atoms with Gasteiger partial charge < -0.3 is 9.92 Å². The highest BCUT2D eigenvalue weighted by atomic mass is 32.2. The predicted octanol–water partition coefficient (Wildman–Crippen LogP) is 3.64. The number of hydrogen-bond donors (Lipinski definition) is 1. The maximum absolute atomic E-state index is 12.3. The smallest absolute Gasteiger partial charge is 0.339 e. The fraction of sp³-hybridized carbons (Fsp3) is 0.294. The third-order valence-electron chi connectivity index (χ3n) is 3.37. The van der Waals surface area contributed by atoms with Crippen LogP contribution in [-0.4, -0.2) is 8.42 Å². The second kappa shape index (κ2) is 5.65. The second-order valence-corrected chi connectivity index (χ2v) is 7.90. The van der Waals surface area contributed by atoms with Crippen LogP contribution in [0.5, 0.6) is 5.75 Å². The molecule has 22 heavy (non-hydrogen) atoms. The van der Waals surface area contributed by atoms with Crippen molar-refractivity contribution in [1.82, 2.24) is 0 Å². The van der Waals surface area contributed by atoms with E-state index in [0.717, 1.165) is 11.1 Å². The van der Waals surface area contributed by atoms with Crippen LogP contribution in [0.15, 0.2) is 47.4 Å². The van der Waals surface area contributed by atoms with E-state index in [4.69, 9.17) is 9.92 Å². The molecule has 0 amide bonds. The van der Waals surface area contributed by atoms with Crippen molar-refractivity contribution in [2.75, 3.05) is 5.73 Å². The van der Waals surface area contributed by atoms with Crippen molar-refractivity contribution in [1.29, 1.82) is 0 Å². The maximum atomic E-state index is 12.3. The fourth-order valence-corrected chi connectivity index (χ4v) is 2.99. The van der Waals surface area contributed by atoms with Gasteiger partial charge in [0.15, 0.2) is 5.75 Å². The Labute approximate surface area is 132 Å². The first-order valence-electron chi connectivity index (χ1n) is 7.01. The van der Waals surface area contributed by atoms with Crippen LogP contribution in [0.4, 0.5) is 5.69 Å². The Morgan fingerprint density at radius 3 is 2.09 bits per heavy atom. The summed E-state index contributed by atoms with van der Waals surface area (Å²) >= 11 is 0. The zero-order chi connectivity index (χ0) is 16.5. The molecule has 0 aromatic heterocycles. The minimum absolute atomic E-state index is 0.0372. The van der Waals surface area contributed by atoms with Gasteiger partial charge in [-0.1, -0.05) is 39.0 Å². The van der Waals surface area contributed by atoms with Crippen LogP contribution in [0, 0.1) is 6.92 Å². The summed E-state index contributed by atoms with van der Waals surface area (Å²) in [7, 11) is -3.89. The lowest BCUT2D eigenvalue weighted by Gasteiger charge is -2.19. The number of aryl methyl sites for hydroxylation is 1. The Hall–Kier alpha value is -2.01. The molecule has 0 saturated heterocycles. The minimum atomic E-state index is -3.89. The Morgan fingerprint density at radius 1 is 1.00 bits per heavy atom. The highest BCUT2D eigenvalue weighted by molar-refractivity contribution is 7.87. The van der Waals surface area contributed by atoms with Crippen LogP contribution in [-0.2, 0) is 15.5 Å². The molecular formula is C17H21NO3S. The summed E-state index contributed by atoms with van der Waals surface area (Å²) in [4.78, 5) is 0.112. The van der Waals surface area contributed by atoms with Gasteiger partial charge in [-0.2, -0.15) is 8.42 Å². The second-order valence-electron chi connectivity index (χ2n) is 6.35. The molecule has 2 aromatic carbocycles. The van der Waals surface area contributed by atoms with E-state index in [1.54, 1.807) is 42.5 Å². The van der Waals surface area contributed by atoms with Gasteiger partial charge >= 0.3 is 10.1 Å². The SMILES string of the molecule is Cc1ccc(OS(=O)(=O)c2ccc(C(C)(C)C)cc2)c(N)c1. The molecule has 0 unspecified atom stereocenters. The first-order chi connectivity index (χ1) is 10.1. The molecule has 0 spiro atoms. The van der Waals surface area contributed by atoms with Gasteiger partial charge in [-0.25, -0.2) is 0 Å². The third kappa shape index (κ3) is 3.60. The average Bonchev–Trinajstić information content (AvgIpc) is 2.41. The van der Waals surface area contributed by atoms with Crippen LogP contribution in [0.3, 0.4) is 0 Å². The Balaban J connectivity index is 2.31. The molecule has 0 fully saturated rings. The van der Waals surface area contributed by atoms with Gasteiger partial charge in [0.25, 0.3) is 0 Å². The van der Waals surface area contributed by atoms with Gasteiger partial charge in [-0.3, -0.25) is 0 Å². The zero-order valence-corrected chi connectivity index (χ0v) is 14.1. The summed E-state index contributed by atoms with van der Waals surface area (Å²) < 4.78 is 29.8. The molecule has 2 N–H and O–H groups in total. The van der Waals surface area contributed by atoms with Gasteiger partial charge in [0.2, 0.25) is 0 Å². The Bertz CT molecular complexity index is 773. The van der Waals surface area contributed by atoms with Crippen molar-refractivity contribution >= 4 is 15.8 Å². The quantitative estimate of drug-likeness (QED) is 0.692. The summed E-state index contributed by atoms with van der Waals surface area (Å²) in [6.45, 7) is 8.08. The largest absolute Gasteiger partial charge is 0.396 e. The van der Waals surface area contributed by atoms with E-state index in [1.807, 2.05) is 6.92 Å². The lowest BCUT2D eigenvalue weighted by molar-refractivity contribution is 0.487. The van der Waals surface area contributed by atoms with Crippen LogP contribution in [0.1, 0.15) is 31.9 Å². The summed E-state index contributed by atoms with van der Waals surface area (Å²) in [5.74, 6) is 0.144. The predicted molar refractivity (Wildman–Crippen MR) is 88.5 cm³/mol. The first-order valence-corrected chi connectivity index (χ1v) is 8.41. The van der Waals surface area contributed by atoms with Crippen molar-refractivity contribution < 1.29 is 12.6 Å². The van der Waals surface area contributed by atoms with Crippen LogP contribution in [0.25, 0.3) is 0 Å². The van der Waals surface area contributed by atoms with E-state index in [1.165, 1.54) is 0 Å². The van der Waals surface area contributed by atoms with E-state index < -0.39 is 10.1 Å². The monoisotopic (exact) mass is 319 g/mol. The molecule has 0 atom stereocenters. The molecule has 0 aliphatic heterocycles. The number of nitrogen functional groups attached to an aromatic ring is 1. The molecule has 0 bridgehead atoms. The normalized spacial score (nSPS) is 12.2. The molecule has 0 aliphatic rings. The summed E-state index contributed by atoms with van der Waals surface area (Å²) in [5.41, 5.74) is 8.06. The molecule has 0 saturated carbocycles. The molecule has 5 heteroatoms. The number of benzene rings is 2. The highest BCUT2D eigenvalue weighted by Crippen LogP contribution is 2.27. The fourth-order valence-electron chi connectivity index (χ4n) is 2.03. The number of hydrogen-bond acceptors (Lipinski definition) is 4. The van der Waals surface area contributed by atoms with Crippen molar-refractivity contribution in [3.63, 3.8) is 0 Å². The standard InChI is InChI=1S/C17H21NO3S/c1-12-5-10-16(15(18)11-12)21-22(19,20)14-8-6-13(7-9-14)17(2,3)4/h5-11H,18H2,1-4H3. The van der Waals surface area contributed by atoms with E-state index in [0.29, 0.717) is 5.69 Å². The van der Waals surface area contributed by atoms with Crippen LogP contribution >= 0.6 is 0 Å². The van der Waals surface area contributed by atoms with Gasteiger partial charge in [0, 0.05) is 0 Å². The van der Waals surface area contributed by atoms with Crippen molar-refractivity contribution in [3.05, 3.63) is 53.6 Å². The van der Waals surface area contributed by atoms with Gasteiger partial charge in [0.05, 0.1) is 5.69 Å². The molecular weight excluding hydrogens is 298 g/mol. The zero-order valence-electron chi connectivity index (χ0n) is 13.3. The molecule has 0 radical (unpaired) electrons. The summed E-state index contributed by atoms with van der Waals surface area (Å²) in [5, 5.41) is 0. The van der Waals surface area contributed by atoms with Gasteiger partial charge in [-0.05, 0) is 47.7 Å². The molecule has 4 nitrogen and oxygen atoms in total. The van der Waals surface area contributed by atoms with E-state index in [9.17, 15) is 8.42 Å². The van der Waals surface area contributed by atoms with Gasteiger partial charge in [-0.15, -0.1) is 0 Å². The molecule has 2 rings (SSSR count). The van der Waals surface area contributed by atoms with Gasteiger partial charge in [0.1, 0.15) is 4.90 Å². The van der Waals surface area contributed by atoms with E-state index >= 15 is 0 Å². The lowest BCUT2D eigenvalue weighted by Crippen LogP contribution is -2.13. The van der Waals surface area contributed by atoms with E-state index in [-0.39, 0.29) is 16.1 Å². The Kier molecular flexibility index (Phi) is 4.20. The first kappa shape index (κ1) is 16.4. The lowest BCUT2D eigenvalue weighted by atomic mass is 9.87. The molecule has 118 valence electrons. The summed E-state index contributed by atoms with van der Waals surface area (Å²) in [6, 6.07) is 11.7. The van der Waals surface area contributed by atoms with E-state index in [2.05, 4.69) is 20.8 Å². The molecule has 0 heterocycles. The number of nitrogens with two attached hydrogens (primary N) is 1. The number of rotatable bonds is 3. The van der Waals surface area contributed by atoms with Crippen LogP contribution in [0.2, 0.25) is 0 Å². The minimum Gasteiger partial charge on any atom is -0.396 e. The topological polar surface area (TPSA) is 69.4 Å². The number of anilines is 1. The maximum Gasteiger partial charge on any atom is 0.339 e. The van der Waals surface area contributed by atoms with Crippen molar-refractivity contribution in [2.45, 2.75) is 38.0 Å². The van der Waals surface area contributed by atoms with Crippen LogP contribution < -0.4 is 9.92 Å². The van der Waals surface area contributed by atoms with Crippen molar-refractivity contribution in [2.24, 2.45) is 0 Å². The molecule has 2 aromatic rings. The third-order valence-corrected chi connectivity index (χ3v) is 4.62. The molecule has 0 aliphatic carbocycles. The van der Waals surface area contributed by atoms with Crippen molar-refractivity contribution in [3.8, 4) is 5.75 Å². The average molecular weight is 319 g/mol. The Morgan fingerprint density at radius 2 is 1.59 bits per heavy atom. The highest BCUT2D eigenvalue weighted by Gasteiger charge is 2.20.